The van der Waals surface area contributed by atoms with Crippen molar-refractivity contribution in [1.82, 2.24) is 30.4 Å². The number of imide groups is 2. The van der Waals surface area contributed by atoms with E-state index in [0.29, 0.717) is 35.3 Å². The van der Waals surface area contributed by atoms with Crippen LogP contribution >= 0.6 is 0 Å². The van der Waals surface area contributed by atoms with Crippen molar-refractivity contribution in [3.8, 4) is 0 Å². The van der Waals surface area contributed by atoms with Crippen molar-refractivity contribution in [3.63, 3.8) is 0 Å². The van der Waals surface area contributed by atoms with E-state index in [-0.39, 0.29) is 56.1 Å². The summed E-state index contributed by atoms with van der Waals surface area (Å²) in [5.41, 5.74) is 3.10. The lowest BCUT2D eigenvalue weighted by atomic mass is 10.0. The lowest BCUT2D eigenvalue weighted by molar-refractivity contribution is -0.159. The Bertz CT molecular complexity index is 1870. The van der Waals surface area contributed by atoms with E-state index in [1.165, 1.54) is 29.3 Å². The van der Waals surface area contributed by atoms with E-state index >= 15 is 0 Å². The monoisotopic (exact) mass is 672 g/mol. The maximum Gasteiger partial charge on any atom is 0.324 e. The van der Waals surface area contributed by atoms with Crippen molar-refractivity contribution in [2.24, 2.45) is 0 Å². The topological polar surface area (TPSA) is 178 Å². The summed E-state index contributed by atoms with van der Waals surface area (Å²) < 4.78 is 29.9. The highest BCUT2D eigenvalue weighted by atomic mass is 19.3. The molecule has 3 aromatic rings. The molecule has 13 nitrogen and oxygen atoms in total. The summed E-state index contributed by atoms with van der Waals surface area (Å²) in [5, 5.41) is 16.1. The number of piperidine rings is 2. The zero-order valence-corrected chi connectivity index (χ0v) is 26.4. The number of likely N-dealkylation sites (tertiary alicyclic amines) is 1. The molecule has 3 aliphatic rings. The van der Waals surface area contributed by atoms with Crippen molar-refractivity contribution in [2.75, 3.05) is 25.0 Å². The fourth-order valence-corrected chi connectivity index (χ4v) is 6.21. The maximum atomic E-state index is 14.9. The van der Waals surface area contributed by atoms with Crippen LogP contribution in [-0.2, 0) is 14.4 Å². The number of alkyl halides is 2. The Balaban J connectivity index is 0.962. The number of nitrogens with one attached hydrogen (secondary N) is 4. The highest BCUT2D eigenvalue weighted by Gasteiger charge is 2.45. The molecular weight excluding hydrogens is 638 g/mol. The van der Waals surface area contributed by atoms with Gasteiger partial charge in [0.25, 0.3) is 17.7 Å². The SMILES string of the molecule is N=C/C(=C\NC1CCN(C(=O)C(F)(F)CCCNc2ccc3c(c2)C(=O)N(C2CCC(=O)NC2=O)C3=O)CC1)c1cnc2ccccc2n1. The molecule has 15 heteroatoms. The Labute approximate surface area is 279 Å². The lowest BCUT2D eigenvalue weighted by Crippen LogP contribution is -2.54. The quantitative estimate of drug-likeness (QED) is 0.135. The summed E-state index contributed by atoms with van der Waals surface area (Å²) in [7, 11) is 0. The highest BCUT2D eigenvalue weighted by molar-refractivity contribution is 6.23. The van der Waals surface area contributed by atoms with Gasteiger partial charge >= 0.3 is 5.92 Å². The van der Waals surface area contributed by atoms with Crippen LogP contribution in [0.4, 0.5) is 14.5 Å². The zero-order chi connectivity index (χ0) is 34.7. The van der Waals surface area contributed by atoms with E-state index in [4.69, 9.17) is 5.41 Å². The summed E-state index contributed by atoms with van der Waals surface area (Å²) in [4.78, 5) is 73.4. The van der Waals surface area contributed by atoms with Crippen LogP contribution in [-0.4, -0.2) is 93.2 Å². The van der Waals surface area contributed by atoms with Gasteiger partial charge < -0.3 is 20.9 Å². The Kier molecular flexibility index (Phi) is 9.42. The summed E-state index contributed by atoms with van der Waals surface area (Å²) in [6, 6.07) is 10.6. The van der Waals surface area contributed by atoms with Gasteiger partial charge in [0.05, 0.1) is 34.1 Å². The van der Waals surface area contributed by atoms with Crippen LogP contribution < -0.4 is 16.0 Å². The molecule has 1 aromatic heterocycles. The number of amides is 5. The van der Waals surface area contributed by atoms with E-state index in [1.54, 1.807) is 12.4 Å². The normalized spacial score (nSPS) is 18.8. The number of halogens is 2. The van der Waals surface area contributed by atoms with E-state index in [9.17, 15) is 32.8 Å². The zero-order valence-electron chi connectivity index (χ0n) is 26.4. The molecule has 3 aliphatic heterocycles. The predicted octanol–water partition coefficient (Wildman–Crippen LogP) is 3.13. The predicted molar refractivity (Wildman–Crippen MR) is 175 cm³/mol. The molecule has 2 saturated heterocycles. The maximum absolute atomic E-state index is 14.9. The van der Waals surface area contributed by atoms with Crippen molar-refractivity contribution in [1.29, 1.82) is 5.41 Å². The molecule has 0 aliphatic carbocycles. The van der Waals surface area contributed by atoms with E-state index in [1.807, 2.05) is 24.3 Å². The van der Waals surface area contributed by atoms with Crippen molar-refractivity contribution in [3.05, 3.63) is 71.7 Å². The number of para-hydroxylation sites is 2. The third kappa shape index (κ3) is 7.00. The number of hydrogen-bond donors (Lipinski definition) is 4. The molecule has 0 bridgehead atoms. The van der Waals surface area contributed by atoms with Crippen LogP contribution in [0.2, 0.25) is 0 Å². The van der Waals surface area contributed by atoms with Crippen LogP contribution in [0, 0.1) is 5.41 Å². The minimum absolute atomic E-state index is 0.00750. The molecule has 0 radical (unpaired) electrons. The van der Waals surface area contributed by atoms with Gasteiger partial charge in [-0.15, -0.1) is 0 Å². The van der Waals surface area contributed by atoms with Crippen LogP contribution in [0.15, 0.2) is 54.9 Å². The second-order valence-electron chi connectivity index (χ2n) is 12.2. The van der Waals surface area contributed by atoms with Crippen LogP contribution in [0.1, 0.15) is 64.9 Å². The summed E-state index contributed by atoms with van der Waals surface area (Å²) in [6.07, 6.45) is 4.65. The summed E-state index contributed by atoms with van der Waals surface area (Å²) >= 11 is 0. The van der Waals surface area contributed by atoms with Gasteiger partial charge in [-0.1, -0.05) is 12.1 Å². The number of nitrogens with zero attached hydrogens (tertiary/aromatic N) is 4. The number of carbonyl (C=O) groups excluding carboxylic acids is 5. The van der Waals surface area contributed by atoms with Crippen LogP contribution in [0.5, 0.6) is 0 Å². The van der Waals surface area contributed by atoms with Gasteiger partial charge in [0.1, 0.15) is 6.04 Å². The molecule has 4 heterocycles. The number of fused-ring (bicyclic) bond motifs is 2. The molecule has 1 unspecified atom stereocenters. The summed E-state index contributed by atoms with van der Waals surface area (Å²) in [6.45, 7) is 0.396. The van der Waals surface area contributed by atoms with Crippen molar-refractivity contribution in [2.45, 2.75) is 56.5 Å². The minimum Gasteiger partial charge on any atom is -0.387 e. The van der Waals surface area contributed by atoms with E-state index in [0.717, 1.165) is 10.4 Å². The number of carbonyl (C=O) groups is 5. The van der Waals surface area contributed by atoms with Crippen LogP contribution in [0.25, 0.3) is 16.6 Å². The first-order valence-corrected chi connectivity index (χ1v) is 16.0. The number of allylic oxidation sites excluding steroid dienone is 1. The molecule has 49 heavy (non-hydrogen) atoms. The largest absolute Gasteiger partial charge is 0.387 e. The Morgan fingerprint density at radius 1 is 1.02 bits per heavy atom. The molecule has 2 fully saturated rings. The molecule has 0 spiro atoms. The molecule has 5 amide bonds. The van der Waals surface area contributed by atoms with Crippen LogP contribution in [0.3, 0.4) is 0 Å². The minimum atomic E-state index is -3.56. The van der Waals surface area contributed by atoms with Gasteiger partial charge in [0.2, 0.25) is 11.8 Å². The highest BCUT2D eigenvalue weighted by Crippen LogP contribution is 2.30. The van der Waals surface area contributed by atoms with Gasteiger partial charge in [-0.3, -0.25) is 39.2 Å². The first-order valence-electron chi connectivity index (χ1n) is 16.0. The standard InChI is InChI=1S/C34H34F2N8O5/c35-34(36,12-3-13-38-22-6-7-23-24(16-22)32(48)44(31(23)47)28-8-9-29(45)42-30(28)46)33(49)43-14-10-21(11-15-43)39-18-20(17-37)27-19-40-25-4-1-2-5-26(25)41-27/h1-2,4-7,16-19,21,28,37-39H,3,8-15H2,(H,42,45,46)/b20-18+,37-17?. The summed E-state index contributed by atoms with van der Waals surface area (Å²) in [5.74, 6) is -7.26. The number of aromatic nitrogens is 2. The third-order valence-electron chi connectivity index (χ3n) is 8.91. The first kappa shape index (κ1) is 33.3. The van der Waals surface area contributed by atoms with Gasteiger partial charge in [-0.2, -0.15) is 8.78 Å². The number of benzene rings is 2. The van der Waals surface area contributed by atoms with Gasteiger partial charge in [-0.25, -0.2) is 4.98 Å². The second-order valence-corrected chi connectivity index (χ2v) is 12.2. The average Bonchev–Trinajstić information content (AvgIpc) is 3.35. The van der Waals surface area contributed by atoms with Crippen molar-refractivity contribution < 1.29 is 32.8 Å². The van der Waals surface area contributed by atoms with Gasteiger partial charge in [-0.05, 0) is 56.0 Å². The molecule has 4 N–H and O–H groups in total. The number of rotatable bonds is 11. The fourth-order valence-electron chi connectivity index (χ4n) is 6.21. The lowest BCUT2D eigenvalue weighted by Gasteiger charge is -2.34. The Morgan fingerprint density at radius 3 is 2.49 bits per heavy atom. The molecule has 1 atom stereocenters. The molecule has 254 valence electrons. The van der Waals surface area contributed by atoms with Gasteiger partial charge in [0.15, 0.2) is 0 Å². The second kappa shape index (κ2) is 13.9. The number of anilines is 1. The Hall–Kier alpha value is -5.60. The molecule has 6 rings (SSSR count). The molecular formula is C34H34F2N8O5. The average molecular weight is 673 g/mol. The molecule has 2 aromatic carbocycles. The van der Waals surface area contributed by atoms with Gasteiger partial charge in [0, 0.05) is 62.2 Å². The fraction of sp³-hybridized carbons (Fsp3) is 0.353. The molecule has 0 saturated carbocycles. The van der Waals surface area contributed by atoms with E-state index < -0.39 is 47.9 Å². The smallest absolute Gasteiger partial charge is 0.324 e. The van der Waals surface area contributed by atoms with E-state index in [2.05, 4.69) is 25.9 Å². The first-order chi connectivity index (χ1) is 23.6. The third-order valence-corrected chi connectivity index (χ3v) is 8.91. The van der Waals surface area contributed by atoms with Crippen molar-refractivity contribution >= 4 is 58.0 Å². The Morgan fingerprint density at radius 2 is 1.76 bits per heavy atom. The number of hydrogen-bond acceptors (Lipinski definition) is 10.